The summed E-state index contributed by atoms with van der Waals surface area (Å²) in [5, 5.41) is 0. The summed E-state index contributed by atoms with van der Waals surface area (Å²) in [5.74, 6) is 0.0574. The Morgan fingerprint density at radius 3 is 2.11 bits per heavy atom. The molecule has 2 N–H and O–H groups in total. The first kappa shape index (κ1) is 17.1. The van der Waals surface area contributed by atoms with Gasteiger partial charge in [-0.15, -0.1) is 25.6 Å². The molecule has 1 unspecified atom stereocenters. The van der Waals surface area contributed by atoms with Gasteiger partial charge in [-0.2, -0.15) is 0 Å². The number of rotatable bonds is 4. The van der Waals surface area contributed by atoms with Crippen LogP contribution in [0.5, 0.6) is 5.75 Å². The molecule has 0 bridgehead atoms. The zero-order valence-corrected chi connectivity index (χ0v) is 11.0. The Hall–Kier alpha value is -0.940. The van der Waals surface area contributed by atoms with Crippen LogP contribution in [-0.4, -0.2) is 6.36 Å². The van der Waals surface area contributed by atoms with Gasteiger partial charge in [0.05, 0.1) is 0 Å². The van der Waals surface area contributed by atoms with Crippen LogP contribution in [0.4, 0.5) is 13.2 Å². The molecule has 0 aliphatic carbocycles. The minimum atomic E-state index is -4.65. The number of hydrogen-bond acceptors (Lipinski definition) is 2. The van der Waals surface area contributed by atoms with Crippen LogP contribution in [0.25, 0.3) is 0 Å². The first-order valence-electron chi connectivity index (χ1n) is 5.44. The zero-order chi connectivity index (χ0) is 13.1. The molecule has 18 heavy (non-hydrogen) atoms. The van der Waals surface area contributed by atoms with Gasteiger partial charge in [-0.05, 0) is 23.6 Å². The topological polar surface area (TPSA) is 35.2 Å². The smallest absolute Gasteiger partial charge is 0.406 e. The molecule has 0 aromatic heterocycles. The number of halogens is 4. The van der Waals surface area contributed by atoms with Crippen molar-refractivity contribution in [3.8, 4) is 5.75 Å². The van der Waals surface area contributed by atoms with E-state index in [-0.39, 0.29) is 30.1 Å². The Bertz CT molecular complexity index is 353. The number of ether oxygens (including phenoxy) is 1. The lowest BCUT2D eigenvalue weighted by atomic mass is 9.93. The Labute approximate surface area is 111 Å². The molecular formula is C12H17ClF3NO. The number of hydrogen-bond donors (Lipinski definition) is 1. The number of nitrogens with two attached hydrogens (primary N) is 1. The molecule has 2 atom stereocenters. The molecule has 1 rings (SSSR count). The predicted molar refractivity (Wildman–Crippen MR) is 66.8 cm³/mol. The lowest BCUT2D eigenvalue weighted by Gasteiger charge is -2.19. The van der Waals surface area contributed by atoms with E-state index in [4.69, 9.17) is 5.73 Å². The van der Waals surface area contributed by atoms with E-state index >= 15 is 0 Å². The quantitative estimate of drug-likeness (QED) is 0.904. The van der Waals surface area contributed by atoms with Crippen LogP contribution in [-0.2, 0) is 0 Å². The van der Waals surface area contributed by atoms with E-state index in [1.807, 2.05) is 13.8 Å². The Balaban J connectivity index is 0.00000289. The Morgan fingerprint density at radius 2 is 1.72 bits per heavy atom. The highest BCUT2D eigenvalue weighted by Gasteiger charge is 2.31. The molecule has 0 fully saturated rings. The molecule has 0 heterocycles. The summed E-state index contributed by atoms with van der Waals surface area (Å²) >= 11 is 0. The second-order valence-corrected chi connectivity index (χ2v) is 4.03. The summed E-state index contributed by atoms with van der Waals surface area (Å²) in [6, 6.07) is 5.53. The average molecular weight is 284 g/mol. The highest BCUT2D eigenvalue weighted by atomic mass is 35.5. The van der Waals surface area contributed by atoms with Crippen LogP contribution >= 0.6 is 12.4 Å². The third-order valence-corrected chi connectivity index (χ3v) is 2.76. The van der Waals surface area contributed by atoms with Crippen molar-refractivity contribution in [3.05, 3.63) is 29.8 Å². The Morgan fingerprint density at radius 1 is 1.22 bits per heavy atom. The first-order valence-corrected chi connectivity index (χ1v) is 5.44. The van der Waals surface area contributed by atoms with Gasteiger partial charge < -0.3 is 10.5 Å². The van der Waals surface area contributed by atoms with E-state index in [9.17, 15) is 13.2 Å². The van der Waals surface area contributed by atoms with Gasteiger partial charge in [0.2, 0.25) is 0 Å². The van der Waals surface area contributed by atoms with Gasteiger partial charge in [-0.3, -0.25) is 0 Å². The fraction of sp³-hybridized carbons (Fsp3) is 0.500. The average Bonchev–Trinajstić information content (AvgIpc) is 2.26. The molecule has 0 saturated heterocycles. The number of benzene rings is 1. The van der Waals surface area contributed by atoms with E-state index < -0.39 is 6.36 Å². The van der Waals surface area contributed by atoms with Crippen molar-refractivity contribution in [1.82, 2.24) is 0 Å². The second-order valence-electron chi connectivity index (χ2n) is 4.03. The molecular weight excluding hydrogens is 267 g/mol. The van der Waals surface area contributed by atoms with Crippen LogP contribution in [0, 0.1) is 5.92 Å². The molecule has 6 heteroatoms. The molecule has 104 valence electrons. The van der Waals surface area contributed by atoms with Crippen LogP contribution in [0.1, 0.15) is 31.9 Å². The van der Waals surface area contributed by atoms with Crippen LogP contribution in [0.3, 0.4) is 0 Å². The molecule has 2 nitrogen and oxygen atoms in total. The molecule has 0 radical (unpaired) electrons. The van der Waals surface area contributed by atoms with Gasteiger partial charge in [0.1, 0.15) is 5.75 Å². The third-order valence-electron chi connectivity index (χ3n) is 2.76. The van der Waals surface area contributed by atoms with E-state index in [2.05, 4.69) is 4.74 Å². The van der Waals surface area contributed by atoms with Crippen LogP contribution in [0.15, 0.2) is 24.3 Å². The van der Waals surface area contributed by atoms with Crippen molar-refractivity contribution >= 4 is 12.4 Å². The van der Waals surface area contributed by atoms with Crippen molar-refractivity contribution in [1.29, 1.82) is 0 Å². The monoisotopic (exact) mass is 283 g/mol. The summed E-state index contributed by atoms with van der Waals surface area (Å²) in [6.45, 7) is 4.02. The maximum absolute atomic E-state index is 11.9. The summed E-state index contributed by atoms with van der Waals surface area (Å²) in [7, 11) is 0. The SMILES string of the molecule is CCC(C)[C@H](N)c1ccc(OC(F)(F)F)cc1.Cl. The summed E-state index contributed by atoms with van der Waals surface area (Å²) in [6.07, 6.45) is -3.73. The molecule has 1 aromatic rings. The van der Waals surface area contributed by atoms with Gasteiger partial charge in [0.15, 0.2) is 0 Å². The highest BCUT2D eigenvalue weighted by molar-refractivity contribution is 5.85. The lowest BCUT2D eigenvalue weighted by molar-refractivity contribution is -0.274. The molecule has 1 aromatic carbocycles. The summed E-state index contributed by atoms with van der Waals surface area (Å²) in [5.41, 5.74) is 6.78. The predicted octanol–water partition coefficient (Wildman–Crippen LogP) is 4.05. The Kier molecular flexibility index (Phi) is 6.49. The van der Waals surface area contributed by atoms with Gasteiger partial charge in [-0.25, -0.2) is 0 Å². The second kappa shape index (κ2) is 6.85. The first-order chi connectivity index (χ1) is 7.83. The van der Waals surface area contributed by atoms with Crippen molar-refractivity contribution in [2.24, 2.45) is 11.7 Å². The van der Waals surface area contributed by atoms with Gasteiger partial charge in [0.25, 0.3) is 0 Å². The minimum Gasteiger partial charge on any atom is -0.406 e. The summed E-state index contributed by atoms with van der Waals surface area (Å²) in [4.78, 5) is 0. The van der Waals surface area contributed by atoms with Crippen molar-refractivity contribution < 1.29 is 17.9 Å². The molecule has 0 saturated carbocycles. The molecule has 0 amide bonds. The van der Waals surface area contributed by atoms with E-state index in [1.165, 1.54) is 12.1 Å². The normalized spacial score (nSPS) is 14.6. The molecule has 0 aliphatic heterocycles. The maximum atomic E-state index is 11.9. The van der Waals surface area contributed by atoms with Crippen LogP contribution < -0.4 is 10.5 Å². The van der Waals surface area contributed by atoms with Crippen LogP contribution in [0.2, 0.25) is 0 Å². The third kappa shape index (κ3) is 5.14. The summed E-state index contributed by atoms with van der Waals surface area (Å²) < 4.78 is 39.6. The fourth-order valence-corrected chi connectivity index (χ4v) is 1.47. The molecule has 0 aliphatic rings. The van der Waals surface area contributed by atoms with Gasteiger partial charge in [0, 0.05) is 6.04 Å². The van der Waals surface area contributed by atoms with Gasteiger partial charge in [-0.1, -0.05) is 32.4 Å². The van der Waals surface area contributed by atoms with Crippen molar-refractivity contribution in [2.75, 3.05) is 0 Å². The van der Waals surface area contributed by atoms with E-state index in [0.717, 1.165) is 12.0 Å². The number of alkyl halides is 3. The van der Waals surface area contributed by atoms with Crippen molar-refractivity contribution in [2.45, 2.75) is 32.7 Å². The fourth-order valence-electron chi connectivity index (χ4n) is 1.47. The zero-order valence-electron chi connectivity index (χ0n) is 10.2. The molecule has 0 spiro atoms. The standard InChI is InChI=1S/C12H16F3NO.ClH/c1-3-8(2)11(16)9-4-6-10(7-5-9)17-12(13,14)15;/h4-8,11H,3,16H2,1-2H3;1H/t8?,11-;/m0./s1. The highest BCUT2D eigenvalue weighted by Crippen LogP contribution is 2.26. The van der Waals surface area contributed by atoms with Gasteiger partial charge >= 0.3 is 6.36 Å². The minimum absolute atomic E-state index is 0. The maximum Gasteiger partial charge on any atom is 0.573 e. The largest absolute Gasteiger partial charge is 0.573 e. The van der Waals surface area contributed by atoms with E-state index in [1.54, 1.807) is 12.1 Å². The van der Waals surface area contributed by atoms with E-state index in [0.29, 0.717) is 0 Å². The lowest BCUT2D eigenvalue weighted by Crippen LogP contribution is -2.19. The van der Waals surface area contributed by atoms with Crippen molar-refractivity contribution in [3.63, 3.8) is 0 Å².